The predicted molar refractivity (Wildman–Crippen MR) is 115 cm³/mol. The summed E-state index contributed by atoms with van der Waals surface area (Å²) in [6.45, 7) is 6.76. The molecule has 1 aromatic rings. The normalized spacial score (nSPS) is 21.7. The maximum absolute atomic E-state index is 13.1. The maximum Gasteiger partial charge on any atom is 0.327 e. The lowest BCUT2D eigenvalue weighted by Crippen LogP contribution is -2.52. The van der Waals surface area contributed by atoms with E-state index in [0.29, 0.717) is 25.9 Å². The minimum absolute atomic E-state index is 0.141. The van der Waals surface area contributed by atoms with Gasteiger partial charge in [0.15, 0.2) is 0 Å². The topological polar surface area (TPSA) is 64.2 Å². The van der Waals surface area contributed by atoms with Crippen molar-refractivity contribution in [1.82, 2.24) is 14.7 Å². The van der Waals surface area contributed by atoms with Crippen molar-refractivity contribution in [3.63, 3.8) is 0 Å². The van der Waals surface area contributed by atoms with E-state index in [-0.39, 0.29) is 24.4 Å². The quantitative estimate of drug-likeness (QED) is 0.716. The minimum Gasteiger partial charge on any atom is -0.368 e. The molecule has 2 aliphatic heterocycles. The first kappa shape index (κ1) is 20.7. The van der Waals surface area contributed by atoms with Crippen LogP contribution in [0.3, 0.4) is 0 Å². The molecule has 0 bridgehead atoms. The average Bonchev–Trinajstić information content (AvgIpc) is 2.91. The predicted octanol–water partition coefficient (Wildman–Crippen LogP) is 2.55. The van der Waals surface area contributed by atoms with Crippen LogP contribution < -0.4 is 4.90 Å². The third-order valence-electron chi connectivity index (χ3n) is 7.10. The first-order valence-corrected chi connectivity index (χ1v) is 11.0. The molecule has 1 saturated carbocycles. The van der Waals surface area contributed by atoms with Crippen LogP contribution in [0.5, 0.6) is 0 Å². The molecule has 4 rings (SSSR count). The van der Waals surface area contributed by atoms with Crippen molar-refractivity contribution < 1.29 is 14.4 Å². The highest BCUT2D eigenvalue weighted by Gasteiger charge is 2.56. The summed E-state index contributed by atoms with van der Waals surface area (Å²) < 4.78 is 0. The maximum atomic E-state index is 13.1. The molecular weight excluding hydrogens is 380 g/mol. The van der Waals surface area contributed by atoms with Gasteiger partial charge in [-0.2, -0.15) is 0 Å². The number of urea groups is 1. The number of carbonyl (C=O) groups is 3. The number of nitrogens with zero attached hydrogens (tertiary/aromatic N) is 4. The number of hydrogen-bond donors (Lipinski definition) is 0. The Kier molecular flexibility index (Phi) is 5.47. The fraction of sp³-hybridized carbons (Fsp3) is 0.609. The summed E-state index contributed by atoms with van der Waals surface area (Å²) in [5.74, 6) is -0.324. The van der Waals surface area contributed by atoms with E-state index in [2.05, 4.69) is 36.9 Å². The van der Waals surface area contributed by atoms with E-state index in [4.69, 9.17) is 0 Å². The molecule has 3 aliphatic rings. The molecule has 162 valence electrons. The molecule has 0 unspecified atom stereocenters. The van der Waals surface area contributed by atoms with Gasteiger partial charge in [0, 0.05) is 38.9 Å². The van der Waals surface area contributed by atoms with Crippen LogP contribution in [0.2, 0.25) is 0 Å². The van der Waals surface area contributed by atoms with E-state index in [1.807, 2.05) is 0 Å². The van der Waals surface area contributed by atoms with Crippen LogP contribution in [0.15, 0.2) is 18.2 Å². The Morgan fingerprint density at radius 1 is 1.00 bits per heavy atom. The van der Waals surface area contributed by atoms with Crippen LogP contribution >= 0.6 is 0 Å². The monoisotopic (exact) mass is 412 g/mol. The van der Waals surface area contributed by atoms with Crippen molar-refractivity contribution in [2.24, 2.45) is 0 Å². The number of benzene rings is 1. The summed E-state index contributed by atoms with van der Waals surface area (Å²) >= 11 is 0. The highest BCUT2D eigenvalue weighted by molar-refractivity contribution is 6.09. The zero-order valence-electron chi connectivity index (χ0n) is 18.3. The molecule has 2 saturated heterocycles. The first-order chi connectivity index (χ1) is 14.3. The summed E-state index contributed by atoms with van der Waals surface area (Å²) in [5, 5.41) is 0. The molecule has 7 nitrogen and oxygen atoms in total. The Morgan fingerprint density at radius 2 is 1.67 bits per heavy atom. The minimum atomic E-state index is -0.725. The smallest absolute Gasteiger partial charge is 0.327 e. The Hall–Kier alpha value is -2.57. The van der Waals surface area contributed by atoms with Gasteiger partial charge in [-0.25, -0.2) is 4.79 Å². The van der Waals surface area contributed by atoms with Gasteiger partial charge in [0.2, 0.25) is 5.91 Å². The third kappa shape index (κ3) is 3.44. The number of hydrogen-bond acceptors (Lipinski definition) is 4. The highest BCUT2D eigenvalue weighted by atomic mass is 16.2. The Bertz CT molecular complexity index is 854. The van der Waals surface area contributed by atoms with Crippen molar-refractivity contribution in [3.05, 3.63) is 29.3 Å². The number of likely N-dealkylation sites (N-methyl/N-ethyl adjacent to an activating group) is 1. The van der Waals surface area contributed by atoms with Crippen LogP contribution in [0.25, 0.3) is 0 Å². The largest absolute Gasteiger partial charge is 0.368 e. The van der Waals surface area contributed by atoms with Crippen LogP contribution in [-0.2, 0) is 9.59 Å². The number of piperazine rings is 1. The van der Waals surface area contributed by atoms with Crippen LogP contribution in [0.4, 0.5) is 10.5 Å². The van der Waals surface area contributed by atoms with Crippen molar-refractivity contribution in [3.8, 4) is 0 Å². The molecule has 1 spiro atoms. The lowest BCUT2D eigenvalue weighted by atomic mass is 9.81. The van der Waals surface area contributed by atoms with E-state index >= 15 is 0 Å². The highest BCUT2D eigenvalue weighted by Crippen LogP contribution is 2.39. The zero-order valence-corrected chi connectivity index (χ0v) is 18.3. The lowest BCUT2D eigenvalue weighted by Gasteiger charge is -2.37. The van der Waals surface area contributed by atoms with Crippen LogP contribution in [-0.4, -0.2) is 77.9 Å². The van der Waals surface area contributed by atoms with Crippen molar-refractivity contribution >= 4 is 23.5 Å². The van der Waals surface area contributed by atoms with Gasteiger partial charge in [-0.15, -0.1) is 0 Å². The number of anilines is 1. The first-order valence-electron chi connectivity index (χ1n) is 11.0. The summed E-state index contributed by atoms with van der Waals surface area (Å²) in [5.41, 5.74) is 2.96. The molecule has 0 radical (unpaired) electrons. The van der Waals surface area contributed by atoms with Gasteiger partial charge in [0.25, 0.3) is 5.91 Å². The molecule has 0 atom stereocenters. The molecule has 3 fully saturated rings. The molecule has 2 heterocycles. The second-order valence-corrected chi connectivity index (χ2v) is 8.98. The molecule has 1 aliphatic carbocycles. The van der Waals surface area contributed by atoms with E-state index < -0.39 is 5.54 Å². The zero-order chi connectivity index (χ0) is 21.5. The second kappa shape index (κ2) is 7.93. The van der Waals surface area contributed by atoms with Gasteiger partial charge in [-0.3, -0.25) is 14.5 Å². The number of imide groups is 1. The van der Waals surface area contributed by atoms with Crippen molar-refractivity contribution in [2.75, 3.05) is 44.7 Å². The van der Waals surface area contributed by atoms with E-state index in [1.165, 1.54) is 21.7 Å². The summed E-state index contributed by atoms with van der Waals surface area (Å²) in [6, 6.07) is 6.10. The van der Waals surface area contributed by atoms with Gasteiger partial charge in [0.1, 0.15) is 12.1 Å². The molecule has 7 heteroatoms. The van der Waals surface area contributed by atoms with E-state index in [9.17, 15) is 14.4 Å². The van der Waals surface area contributed by atoms with Crippen LogP contribution in [0.1, 0.15) is 43.2 Å². The number of carbonyl (C=O) groups excluding carboxylic acids is 3. The lowest BCUT2D eigenvalue weighted by molar-refractivity contribution is -0.140. The number of amides is 4. The second-order valence-electron chi connectivity index (χ2n) is 8.98. The summed E-state index contributed by atoms with van der Waals surface area (Å²) in [4.78, 5) is 45.6. The van der Waals surface area contributed by atoms with Crippen molar-refractivity contribution in [2.45, 2.75) is 51.5 Å². The fourth-order valence-corrected chi connectivity index (χ4v) is 5.26. The Labute approximate surface area is 178 Å². The average molecular weight is 413 g/mol. The Morgan fingerprint density at radius 3 is 2.30 bits per heavy atom. The standard InChI is InChI=1S/C23H32N4O3/c1-17-7-8-19(18(2)15-17)25-11-13-26(14-12-25)20(28)16-27-21(29)23(24(3)22(27)30)9-5-4-6-10-23/h7-8,15H,4-6,9-14,16H2,1-3H3. The van der Waals surface area contributed by atoms with Gasteiger partial charge in [0.05, 0.1) is 0 Å². The Balaban J connectivity index is 1.38. The number of aryl methyl sites for hydroxylation is 2. The van der Waals surface area contributed by atoms with E-state index in [1.54, 1.807) is 16.8 Å². The van der Waals surface area contributed by atoms with Crippen molar-refractivity contribution in [1.29, 1.82) is 0 Å². The molecule has 30 heavy (non-hydrogen) atoms. The fourth-order valence-electron chi connectivity index (χ4n) is 5.26. The third-order valence-corrected chi connectivity index (χ3v) is 7.10. The van der Waals surface area contributed by atoms with Gasteiger partial charge < -0.3 is 14.7 Å². The molecule has 1 aromatic carbocycles. The van der Waals surface area contributed by atoms with Crippen LogP contribution in [0, 0.1) is 13.8 Å². The summed E-state index contributed by atoms with van der Waals surface area (Å²) in [7, 11) is 1.71. The SMILES string of the molecule is Cc1ccc(N2CCN(C(=O)CN3C(=O)N(C)C4(CCCCC4)C3=O)CC2)c(C)c1. The summed E-state index contributed by atoms with van der Waals surface area (Å²) in [6.07, 6.45) is 4.40. The molecular formula is C23H32N4O3. The van der Waals surface area contributed by atoms with E-state index in [0.717, 1.165) is 32.4 Å². The molecule has 0 aromatic heterocycles. The van der Waals surface area contributed by atoms with Gasteiger partial charge >= 0.3 is 6.03 Å². The number of rotatable bonds is 3. The van der Waals surface area contributed by atoms with Gasteiger partial charge in [-0.05, 0) is 38.3 Å². The molecule has 4 amide bonds. The molecule has 0 N–H and O–H groups in total. The van der Waals surface area contributed by atoms with Gasteiger partial charge in [-0.1, -0.05) is 37.0 Å².